The van der Waals surface area contributed by atoms with Gasteiger partial charge in [-0.25, -0.2) is 0 Å². The third kappa shape index (κ3) is 3.19. The van der Waals surface area contributed by atoms with Crippen molar-refractivity contribution in [2.75, 3.05) is 5.73 Å². The lowest BCUT2D eigenvalue weighted by atomic mass is 10.2. The summed E-state index contributed by atoms with van der Waals surface area (Å²) in [7, 11) is -3.99. The smallest absolute Gasteiger partial charge is 0.340 e. The number of aryl methyl sites for hydroxylation is 1. The molecule has 100 valence electrons. The van der Waals surface area contributed by atoms with Gasteiger partial charge in [-0.3, -0.25) is 0 Å². The van der Waals surface area contributed by atoms with Gasteiger partial charge in [-0.15, -0.1) is 0 Å². The molecule has 0 unspecified atom stereocenters. The molecule has 0 aliphatic carbocycles. The third-order valence-corrected chi connectivity index (χ3v) is 4.18. The summed E-state index contributed by atoms with van der Waals surface area (Å²) in [5.41, 5.74) is 6.87. The molecule has 0 aliphatic rings. The fourth-order valence-corrected chi connectivity index (χ4v) is 2.92. The minimum Gasteiger partial charge on any atom is -0.399 e. The van der Waals surface area contributed by atoms with Crippen LogP contribution in [0.1, 0.15) is 5.56 Å². The minimum atomic E-state index is -3.99. The Hall–Kier alpha value is -1.72. The van der Waals surface area contributed by atoms with Gasteiger partial charge in [0.2, 0.25) is 0 Å². The molecule has 2 aromatic carbocycles. The zero-order valence-electron chi connectivity index (χ0n) is 10.1. The van der Waals surface area contributed by atoms with Crippen molar-refractivity contribution in [2.45, 2.75) is 11.8 Å². The second-order valence-corrected chi connectivity index (χ2v) is 5.96. The van der Waals surface area contributed by atoms with Gasteiger partial charge in [0.05, 0.1) is 5.02 Å². The van der Waals surface area contributed by atoms with Crippen molar-refractivity contribution < 1.29 is 12.6 Å². The quantitative estimate of drug-likeness (QED) is 0.698. The van der Waals surface area contributed by atoms with Crippen LogP contribution in [0.4, 0.5) is 5.69 Å². The molecule has 0 fully saturated rings. The van der Waals surface area contributed by atoms with E-state index < -0.39 is 10.1 Å². The number of nitrogen functional groups attached to an aromatic ring is 1. The first-order valence-corrected chi connectivity index (χ1v) is 7.23. The van der Waals surface area contributed by atoms with Gasteiger partial charge in [0.15, 0.2) is 0 Å². The molecule has 19 heavy (non-hydrogen) atoms. The molecule has 6 heteroatoms. The summed E-state index contributed by atoms with van der Waals surface area (Å²) in [5.74, 6) is 0.226. The predicted octanol–water partition coefficient (Wildman–Crippen LogP) is 3.00. The minimum absolute atomic E-state index is 0.0707. The van der Waals surface area contributed by atoms with Gasteiger partial charge in [0, 0.05) is 5.69 Å². The number of hydrogen-bond acceptors (Lipinski definition) is 4. The maximum absolute atomic E-state index is 12.1. The number of anilines is 1. The van der Waals surface area contributed by atoms with Gasteiger partial charge < -0.3 is 9.92 Å². The van der Waals surface area contributed by atoms with Crippen molar-refractivity contribution in [1.82, 2.24) is 0 Å². The maximum Gasteiger partial charge on any atom is 0.340 e. The molecule has 0 spiro atoms. The van der Waals surface area contributed by atoms with Gasteiger partial charge in [-0.1, -0.05) is 29.3 Å². The first-order chi connectivity index (χ1) is 8.88. The van der Waals surface area contributed by atoms with Crippen LogP contribution in [0.2, 0.25) is 5.02 Å². The predicted molar refractivity (Wildman–Crippen MR) is 74.9 cm³/mol. The number of hydrogen-bond donors (Lipinski definition) is 1. The largest absolute Gasteiger partial charge is 0.399 e. The van der Waals surface area contributed by atoms with E-state index in [0.717, 1.165) is 5.56 Å². The first kappa shape index (κ1) is 13.7. The summed E-state index contributed by atoms with van der Waals surface area (Å²) in [6.07, 6.45) is 0. The Morgan fingerprint density at radius 1 is 1.11 bits per heavy atom. The Morgan fingerprint density at radius 3 is 2.37 bits per heavy atom. The standard InChI is InChI=1S/C13H12ClNO3S/c1-9-2-5-11(6-3-9)18-19(16,17)13-8-10(15)4-7-12(13)14/h2-8H,15H2,1H3. The van der Waals surface area contributed by atoms with Crippen molar-refractivity contribution >= 4 is 27.4 Å². The molecule has 2 aromatic rings. The van der Waals surface area contributed by atoms with Crippen molar-refractivity contribution in [3.8, 4) is 5.75 Å². The molecule has 4 nitrogen and oxygen atoms in total. The lowest BCUT2D eigenvalue weighted by molar-refractivity contribution is 0.486. The van der Waals surface area contributed by atoms with Crippen LogP contribution in [0.3, 0.4) is 0 Å². The summed E-state index contributed by atoms with van der Waals surface area (Å²) in [4.78, 5) is -0.144. The average Bonchev–Trinajstić information content (AvgIpc) is 2.35. The SMILES string of the molecule is Cc1ccc(OS(=O)(=O)c2cc(N)ccc2Cl)cc1. The van der Waals surface area contributed by atoms with Crippen LogP contribution >= 0.6 is 11.6 Å². The molecule has 0 saturated carbocycles. The highest BCUT2D eigenvalue weighted by Crippen LogP contribution is 2.26. The van der Waals surface area contributed by atoms with Crippen LogP contribution in [0.5, 0.6) is 5.75 Å². The van der Waals surface area contributed by atoms with E-state index in [1.807, 2.05) is 6.92 Å². The highest BCUT2D eigenvalue weighted by molar-refractivity contribution is 7.87. The number of nitrogens with two attached hydrogens (primary N) is 1. The molecular formula is C13H12ClNO3S. The van der Waals surface area contributed by atoms with E-state index in [1.54, 1.807) is 24.3 Å². The Kier molecular flexibility index (Phi) is 3.68. The van der Waals surface area contributed by atoms with Crippen molar-refractivity contribution in [2.24, 2.45) is 0 Å². The van der Waals surface area contributed by atoms with E-state index in [1.165, 1.54) is 18.2 Å². The van der Waals surface area contributed by atoms with E-state index in [9.17, 15) is 8.42 Å². The fourth-order valence-electron chi connectivity index (χ4n) is 1.48. The third-order valence-electron chi connectivity index (χ3n) is 2.45. The summed E-state index contributed by atoms with van der Waals surface area (Å²) < 4.78 is 29.2. The lowest BCUT2D eigenvalue weighted by Gasteiger charge is -2.09. The summed E-state index contributed by atoms with van der Waals surface area (Å²) in [6.45, 7) is 1.90. The fraction of sp³-hybridized carbons (Fsp3) is 0.0769. The van der Waals surface area contributed by atoms with E-state index in [4.69, 9.17) is 21.5 Å². The molecule has 2 rings (SSSR count). The summed E-state index contributed by atoms with van der Waals surface area (Å²) >= 11 is 5.86. The molecule has 0 atom stereocenters. The monoisotopic (exact) mass is 297 g/mol. The van der Waals surface area contributed by atoms with Crippen molar-refractivity contribution in [3.05, 3.63) is 53.1 Å². The summed E-state index contributed by atoms with van der Waals surface area (Å²) in [6, 6.07) is 10.9. The van der Waals surface area contributed by atoms with Crippen LogP contribution in [-0.4, -0.2) is 8.42 Å². The van der Waals surface area contributed by atoms with E-state index in [0.29, 0.717) is 5.69 Å². The number of rotatable bonds is 3. The van der Waals surface area contributed by atoms with Gasteiger partial charge in [-0.05, 0) is 37.3 Å². The Bertz CT molecular complexity index is 696. The molecule has 0 radical (unpaired) electrons. The normalized spacial score (nSPS) is 11.3. The Balaban J connectivity index is 2.37. The lowest BCUT2D eigenvalue weighted by Crippen LogP contribution is -2.10. The average molecular weight is 298 g/mol. The number of halogens is 1. The van der Waals surface area contributed by atoms with Crippen LogP contribution in [0, 0.1) is 6.92 Å². The summed E-state index contributed by atoms with van der Waals surface area (Å²) in [5, 5.41) is 0.0707. The zero-order valence-corrected chi connectivity index (χ0v) is 11.7. The molecule has 0 amide bonds. The van der Waals surface area contributed by atoms with E-state index in [2.05, 4.69) is 0 Å². The van der Waals surface area contributed by atoms with Gasteiger partial charge in [0.25, 0.3) is 0 Å². The highest BCUT2D eigenvalue weighted by atomic mass is 35.5. The second kappa shape index (κ2) is 5.11. The molecular weight excluding hydrogens is 286 g/mol. The van der Waals surface area contributed by atoms with Crippen LogP contribution in [0.25, 0.3) is 0 Å². The van der Waals surface area contributed by atoms with Gasteiger partial charge in [-0.2, -0.15) is 8.42 Å². The molecule has 2 N–H and O–H groups in total. The van der Waals surface area contributed by atoms with Crippen molar-refractivity contribution in [1.29, 1.82) is 0 Å². The van der Waals surface area contributed by atoms with Crippen LogP contribution in [0.15, 0.2) is 47.4 Å². The van der Waals surface area contributed by atoms with Gasteiger partial charge >= 0.3 is 10.1 Å². The van der Waals surface area contributed by atoms with E-state index >= 15 is 0 Å². The molecule has 0 heterocycles. The Morgan fingerprint density at radius 2 is 1.74 bits per heavy atom. The topological polar surface area (TPSA) is 69.4 Å². The Labute approximate surface area is 116 Å². The first-order valence-electron chi connectivity index (χ1n) is 5.45. The van der Waals surface area contributed by atoms with Crippen molar-refractivity contribution in [3.63, 3.8) is 0 Å². The maximum atomic E-state index is 12.1. The molecule has 0 bridgehead atoms. The molecule has 0 aliphatic heterocycles. The van der Waals surface area contributed by atoms with Crippen LogP contribution in [-0.2, 0) is 10.1 Å². The highest BCUT2D eigenvalue weighted by Gasteiger charge is 2.20. The molecule has 0 saturated heterocycles. The number of benzene rings is 2. The van der Waals surface area contributed by atoms with Crippen LogP contribution < -0.4 is 9.92 Å². The second-order valence-electron chi connectivity index (χ2n) is 4.04. The van der Waals surface area contributed by atoms with E-state index in [-0.39, 0.29) is 15.7 Å². The zero-order chi connectivity index (χ0) is 14.0. The van der Waals surface area contributed by atoms with Gasteiger partial charge in [0.1, 0.15) is 10.6 Å². The molecule has 0 aromatic heterocycles.